The summed E-state index contributed by atoms with van der Waals surface area (Å²) in [6.45, 7) is 2.32. The third-order valence-corrected chi connectivity index (χ3v) is 4.19. The summed E-state index contributed by atoms with van der Waals surface area (Å²) in [5, 5.41) is 8.07. The molecule has 3 rings (SSSR count). The number of carbonyl (C=O) groups is 2. The van der Waals surface area contributed by atoms with Crippen molar-refractivity contribution in [1.82, 2.24) is 0 Å². The molecule has 2 atom stereocenters. The number of alkyl halides is 1. The molecule has 0 aromatic heterocycles. The second-order valence-corrected chi connectivity index (χ2v) is 6.06. The van der Waals surface area contributed by atoms with Gasteiger partial charge in [0, 0.05) is 6.42 Å². The lowest BCUT2D eigenvalue weighted by molar-refractivity contribution is -0.122. The number of benzene rings is 1. The zero-order valence-corrected chi connectivity index (χ0v) is 13.3. The van der Waals surface area contributed by atoms with Crippen LogP contribution in [0.2, 0.25) is 5.02 Å². The van der Waals surface area contributed by atoms with Gasteiger partial charge in [-0.15, -0.1) is 0 Å². The van der Waals surface area contributed by atoms with Crippen LogP contribution in [0.25, 0.3) is 0 Å². The van der Waals surface area contributed by atoms with Crippen molar-refractivity contribution in [3.63, 3.8) is 0 Å². The van der Waals surface area contributed by atoms with E-state index in [0.717, 1.165) is 4.90 Å². The maximum atomic E-state index is 12.6. The number of carbonyl (C=O) groups excluding carboxylic acids is 2. The molecule has 2 aliphatic rings. The molecule has 2 heterocycles. The van der Waals surface area contributed by atoms with E-state index in [2.05, 4.69) is 10.2 Å². The lowest BCUT2D eigenvalue weighted by atomic mass is 9.95. The predicted octanol–water partition coefficient (Wildman–Crippen LogP) is 3.16. The number of azo groups is 1. The first-order chi connectivity index (χ1) is 10.5. The maximum Gasteiger partial charge on any atom is 0.264 e. The molecule has 0 unspecified atom stereocenters. The van der Waals surface area contributed by atoms with E-state index in [-0.39, 0.29) is 18.7 Å². The smallest absolute Gasteiger partial charge is 0.264 e. The van der Waals surface area contributed by atoms with Gasteiger partial charge in [-0.25, -0.2) is 4.90 Å². The predicted molar refractivity (Wildman–Crippen MR) is 81.6 cm³/mol. The van der Waals surface area contributed by atoms with Gasteiger partial charge in [-0.3, -0.25) is 9.59 Å². The van der Waals surface area contributed by atoms with Gasteiger partial charge in [0.05, 0.1) is 23.7 Å². The topological polar surface area (TPSA) is 71.3 Å². The molecule has 22 heavy (non-hydrogen) atoms. The quantitative estimate of drug-likeness (QED) is 0.481. The number of imide groups is 1. The Morgan fingerprint density at radius 1 is 1.45 bits per heavy atom. The van der Waals surface area contributed by atoms with E-state index in [1.807, 2.05) is 6.92 Å². The Labute approximate surface area is 137 Å². The first-order valence-corrected chi connectivity index (χ1v) is 7.64. The summed E-state index contributed by atoms with van der Waals surface area (Å²) in [6.07, 6.45) is 0.212. The molecule has 0 aliphatic carbocycles. The first kappa shape index (κ1) is 15.2. The minimum absolute atomic E-state index is 0.0244. The molecule has 0 N–H and O–H groups in total. The lowest BCUT2D eigenvalue weighted by Gasteiger charge is -2.18. The lowest BCUT2D eigenvalue weighted by Crippen LogP contribution is -2.38. The largest absolute Gasteiger partial charge is 0.492 e. The van der Waals surface area contributed by atoms with Crippen LogP contribution < -0.4 is 9.64 Å². The van der Waals surface area contributed by atoms with Crippen molar-refractivity contribution in [3.05, 3.63) is 23.2 Å². The van der Waals surface area contributed by atoms with Crippen molar-refractivity contribution in [2.45, 2.75) is 30.8 Å². The highest BCUT2D eigenvalue weighted by Gasteiger charge is 2.56. The average molecular weight is 342 g/mol. The third kappa shape index (κ3) is 2.36. The molecule has 1 saturated heterocycles. The fourth-order valence-electron chi connectivity index (χ4n) is 2.66. The van der Waals surface area contributed by atoms with Crippen LogP contribution in [0, 0.1) is 0 Å². The van der Waals surface area contributed by atoms with Gasteiger partial charge in [-0.2, -0.15) is 10.2 Å². The Morgan fingerprint density at radius 3 is 2.82 bits per heavy atom. The van der Waals surface area contributed by atoms with E-state index in [1.54, 1.807) is 12.1 Å². The second kappa shape index (κ2) is 5.52. The molecule has 2 aliphatic heterocycles. The zero-order valence-electron chi connectivity index (χ0n) is 11.8. The number of halogens is 2. The Hall–Kier alpha value is -1.66. The van der Waals surface area contributed by atoms with Crippen LogP contribution in [0.4, 0.5) is 5.69 Å². The van der Waals surface area contributed by atoms with Crippen LogP contribution in [-0.2, 0) is 9.59 Å². The van der Waals surface area contributed by atoms with Gasteiger partial charge in [0.25, 0.3) is 5.91 Å². The van der Waals surface area contributed by atoms with Crippen LogP contribution in [0.1, 0.15) is 19.8 Å². The summed E-state index contributed by atoms with van der Waals surface area (Å²) >= 11 is 12.0. The molecule has 1 aromatic rings. The molecule has 1 fully saturated rings. The van der Waals surface area contributed by atoms with Crippen molar-refractivity contribution in [2.24, 2.45) is 10.2 Å². The summed E-state index contributed by atoms with van der Waals surface area (Å²) in [5.41, 5.74) is -1.33. The number of rotatable bonds is 3. The Kier molecular flexibility index (Phi) is 3.82. The molecule has 0 saturated carbocycles. The zero-order chi connectivity index (χ0) is 15.9. The molecular formula is C14H13Cl2N3O3. The number of nitrogens with zero attached hydrogens (tertiary/aromatic N) is 3. The number of ether oxygens (including phenoxy) is 1. The Morgan fingerprint density at radius 2 is 2.23 bits per heavy atom. The van der Waals surface area contributed by atoms with E-state index in [9.17, 15) is 9.59 Å². The van der Waals surface area contributed by atoms with Gasteiger partial charge in [0.15, 0.2) is 5.54 Å². The van der Waals surface area contributed by atoms with E-state index >= 15 is 0 Å². The SMILES string of the molecule is CCOc1ccc(N2C(=O)C[C@]3(C[C@H](Cl)N=N3)C2=O)cc1Cl. The highest BCUT2D eigenvalue weighted by Crippen LogP contribution is 2.41. The number of hydrogen-bond acceptors (Lipinski definition) is 5. The van der Waals surface area contributed by atoms with E-state index in [0.29, 0.717) is 23.1 Å². The number of amides is 2. The monoisotopic (exact) mass is 341 g/mol. The molecule has 116 valence electrons. The van der Waals surface area contributed by atoms with E-state index < -0.39 is 16.9 Å². The molecule has 0 radical (unpaired) electrons. The molecule has 1 spiro atoms. The molecule has 8 heteroatoms. The number of anilines is 1. The van der Waals surface area contributed by atoms with Crippen LogP contribution in [0.5, 0.6) is 5.75 Å². The van der Waals surface area contributed by atoms with Crippen LogP contribution in [-0.4, -0.2) is 29.5 Å². The molecule has 1 aromatic carbocycles. The van der Waals surface area contributed by atoms with Gasteiger partial charge in [0.1, 0.15) is 11.3 Å². The molecular weight excluding hydrogens is 329 g/mol. The fraction of sp³-hybridized carbons (Fsp3) is 0.429. The van der Waals surface area contributed by atoms with Gasteiger partial charge < -0.3 is 4.74 Å². The minimum Gasteiger partial charge on any atom is -0.492 e. The minimum atomic E-state index is -1.16. The van der Waals surface area contributed by atoms with Crippen molar-refractivity contribution in [3.8, 4) is 5.75 Å². The highest BCUT2D eigenvalue weighted by molar-refractivity contribution is 6.33. The Bertz CT molecular complexity index is 679. The van der Waals surface area contributed by atoms with Gasteiger partial charge in [-0.05, 0) is 25.1 Å². The highest BCUT2D eigenvalue weighted by atomic mass is 35.5. The number of hydrogen-bond donors (Lipinski definition) is 0. The standard InChI is InChI=1S/C14H13Cl2N3O3/c1-2-22-10-4-3-8(5-9(10)15)19-12(20)7-14(13(19)21)6-11(16)17-18-14/h3-5,11H,2,6-7H2,1H3/t11-,14-/m1/s1. The van der Waals surface area contributed by atoms with Crippen molar-refractivity contribution >= 4 is 40.7 Å². The van der Waals surface area contributed by atoms with E-state index in [1.165, 1.54) is 6.07 Å². The first-order valence-electron chi connectivity index (χ1n) is 6.82. The van der Waals surface area contributed by atoms with Crippen LogP contribution in [0.15, 0.2) is 28.4 Å². The summed E-state index contributed by atoms with van der Waals surface area (Å²) < 4.78 is 5.34. The second-order valence-electron chi connectivity index (χ2n) is 5.14. The van der Waals surface area contributed by atoms with E-state index in [4.69, 9.17) is 27.9 Å². The third-order valence-electron chi connectivity index (χ3n) is 3.65. The van der Waals surface area contributed by atoms with Gasteiger partial charge >= 0.3 is 0 Å². The normalized spacial score (nSPS) is 27.2. The van der Waals surface area contributed by atoms with Crippen molar-refractivity contribution in [1.29, 1.82) is 0 Å². The average Bonchev–Trinajstić information content (AvgIpc) is 2.94. The Balaban J connectivity index is 1.92. The summed E-state index contributed by atoms with van der Waals surface area (Å²) in [7, 11) is 0. The molecule has 0 bridgehead atoms. The molecule has 6 nitrogen and oxygen atoms in total. The van der Waals surface area contributed by atoms with Crippen LogP contribution >= 0.6 is 23.2 Å². The van der Waals surface area contributed by atoms with Gasteiger partial charge in [-0.1, -0.05) is 23.2 Å². The summed E-state index contributed by atoms with van der Waals surface area (Å²) in [6, 6.07) is 4.79. The van der Waals surface area contributed by atoms with Crippen molar-refractivity contribution < 1.29 is 14.3 Å². The van der Waals surface area contributed by atoms with Crippen molar-refractivity contribution in [2.75, 3.05) is 11.5 Å². The van der Waals surface area contributed by atoms with Crippen LogP contribution in [0.3, 0.4) is 0 Å². The van der Waals surface area contributed by atoms with Gasteiger partial charge in [0.2, 0.25) is 5.91 Å². The maximum absolute atomic E-state index is 12.6. The summed E-state index contributed by atoms with van der Waals surface area (Å²) in [4.78, 5) is 26.0. The summed E-state index contributed by atoms with van der Waals surface area (Å²) in [5.74, 6) is -0.248. The molecule has 2 amide bonds. The fourth-order valence-corrected chi connectivity index (χ4v) is 3.19.